The summed E-state index contributed by atoms with van der Waals surface area (Å²) in [6.07, 6.45) is 1.30. The molecule has 15 heavy (non-hydrogen) atoms. The summed E-state index contributed by atoms with van der Waals surface area (Å²) in [5, 5.41) is 0. The lowest BCUT2D eigenvalue weighted by Gasteiger charge is -2.10. The number of hydrogen-bond donors (Lipinski definition) is 0. The van der Waals surface area contributed by atoms with E-state index in [4.69, 9.17) is 18.9 Å². The molecule has 0 aliphatic heterocycles. The van der Waals surface area contributed by atoms with Crippen LogP contribution in [-0.2, 0) is 23.7 Å². The van der Waals surface area contributed by atoms with Crippen molar-refractivity contribution >= 4 is 5.78 Å². The van der Waals surface area contributed by atoms with Crippen LogP contribution in [0.25, 0.3) is 0 Å². The highest BCUT2D eigenvalue weighted by atomic mass is 16.7. The number of methoxy groups -OCH3 is 2. The summed E-state index contributed by atoms with van der Waals surface area (Å²) in [4.78, 5) is 10.8. The Bertz CT molecular complexity index is 188. The predicted molar refractivity (Wildman–Crippen MR) is 54.4 cm³/mol. The van der Waals surface area contributed by atoms with Gasteiger partial charge in [0.05, 0.1) is 19.3 Å². The van der Waals surface area contributed by atoms with Gasteiger partial charge in [-0.15, -0.1) is 0 Å². The van der Waals surface area contributed by atoms with Crippen molar-refractivity contribution in [3.63, 3.8) is 0 Å². The maximum Gasteiger partial charge on any atom is 0.282 e. The minimum Gasteiger partial charge on any atom is -0.463 e. The van der Waals surface area contributed by atoms with Gasteiger partial charge in [-0.3, -0.25) is 4.79 Å². The normalized spacial score (nSPS) is 9.53. The molecule has 0 heterocycles. The average molecular weight is 218 g/mol. The van der Waals surface area contributed by atoms with Crippen molar-refractivity contribution in [2.75, 3.05) is 40.6 Å². The van der Waals surface area contributed by atoms with Gasteiger partial charge in [0.25, 0.3) is 5.95 Å². The van der Waals surface area contributed by atoms with E-state index in [0.29, 0.717) is 26.4 Å². The zero-order valence-electron chi connectivity index (χ0n) is 9.45. The number of allylic oxidation sites excluding steroid dienone is 1. The summed E-state index contributed by atoms with van der Waals surface area (Å²) in [5.41, 5.74) is 0. The molecule has 0 radical (unpaired) electrons. The highest BCUT2D eigenvalue weighted by molar-refractivity contribution is 5.87. The Hall–Kier alpha value is -1.07. The van der Waals surface area contributed by atoms with Crippen LogP contribution in [0, 0.1) is 0 Å². The summed E-state index contributed by atoms with van der Waals surface area (Å²) in [7, 11) is 3.15. The second-order valence-electron chi connectivity index (χ2n) is 2.76. The van der Waals surface area contributed by atoms with Gasteiger partial charge in [-0.1, -0.05) is 0 Å². The van der Waals surface area contributed by atoms with Crippen molar-refractivity contribution in [1.29, 1.82) is 0 Å². The fourth-order valence-corrected chi connectivity index (χ4v) is 0.742. The van der Waals surface area contributed by atoms with Crippen molar-refractivity contribution in [2.45, 2.75) is 6.92 Å². The highest BCUT2D eigenvalue weighted by Crippen LogP contribution is 2.00. The molecule has 0 bridgehead atoms. The van der Waals surface area contributed by atoms with Crippen LogP contribution in [0.1, 0.15) is 6.92 Å². The molecule has 0 saturated heterocycles. The Labute approximate surface area is 89.9 Å². The van der Waals surface area contributed by atoms with Crippen molar-refractivity contribution in [2.24, 2.45) is 0 Å². The molecule has 0 aromatic heterocycles. The van der Waals surface area contributed by atoms with Gasteiger partial charge >= 0.3 is 0 Å². The summed E-state index contributed by atoms with van der Waals surface area (Å²) in [5.74, 6) is 0.0800. The van der Waals surface area contributed by atoms with Crippen molar-refractivity contribution < 1.29 is 23.7 Å². The first-order chi connectivity index (χ1) is 7.20. The van der Waals surface area contributed by atoms with Gasteiger partial charge in [0.2, 0.25) is 0 Å². The Morgan fingerprint density at radius 1 is 1.00 bits per heavy atom. The van der Waals surface area contributed by atoms with Crippen LogP contribution < -0.4 is 0 Å². The number of rotatable bonds is 9. The molecule has 5 nitrogen and oxygen atoms in total. The second kappa shape index (κ2) is 9.48. The fourth-order valence-electron chi connectivity index (χ4n) is 0.742. The van der Waals surface area contributed by atoms with Crippen LogP contribution in [0.2, 0.25) is 0 Å². The van der Waals surface area contributed by atoms with Crippen molar-refractivity contribution in [1.82, 2.24) is 0 Å². The van der Waals surface area contributed by atoms with E-state index >= 15 is 0 Å². The molecule has 0 rings (SSSR count). The Kier molecular flexibility index (Phi) is 8.81. The maximum atomic E-state index is 10.8. The third-order valence-electron chi connectivity index (χ3n) is 1.38. The molecule has 0 fully saturated rings. The number of hydrogen-bond acceptors (Lipinski definition) is 5. The van der Waals surface area contributed by atoms with E-state index in [1.54, 1.807) is 14.2 Å². The number of carbonyl (C=O) groups is 1. The van der Waals surface area contributed by atoms with Gasteiger partial charge in [-0.05, 0) is 6.92 Å². The summed E-state index contributed by atoms with van der Waals surface area (Å²) in [6, 6.07) is 0. The minimum absolute atomic E-state index is 0.125. The van der Waals surface area contributed by atoms with Crippen LogP contribution in [0.4, 0.5) is 0 Å². The third kappa shape index (κ3) is 9.24. The van der Waals surface area contributed by atoms with Crippen LogP contribution in [0.5, 0.6) is 0 Å². The number of ether oxygens (including phenoxy) is 4. The molecule has 0 aromatic rings. The van der Waals surface area contributed by atoms with Crippen molar-refractivity contribution in [3.8, 4) is 0 Å². The highest BCUT2D eigenvalue weighted by Gasteiger charge is 2.01. The molecule has 0 amide bonds. The lowest BCUT2D eigenvalue weighted by Crippen LogP contribution is -2.09. The van der Waals surface area contributed by atoms with E-state index in [9.17, 15) is 4.79 Å². The van der Waals surface area contributed by atoms with Crippen molar-refractivity contribution in [3.05, 3.63) is 12.0 Å². The molecule has 0 N–H and O–H groups in total. The first kappa shape index (κ1) is 13.9. The molecular formula is C10H18O5. The zero-order valence-corrected chi connectivity index (χ0v) is 9.45. The zero-order chi connectivity index (χ0) is 11.5. The largest absolute Gasteiger partial charge is 0.463 e. The SMILES string of the molecule is COCCOC(=CC(C)=O)OCCOC. The molecular weight excluding hydrogens is 200 g/mol. The Balaban J connectivity index is 3.90. The van der Waals surface area contributed by atoms with Gasteiger partial charge in [-0.25, -0.2) is 0 Å². The molecule has 0 saturated carbocycles. The van der Waals surface area contributed by atoms with E-state index in [1.807, 2.05) is 0 Å². The average Bonchev–Trinajstić information content (AvgIpc) is 2.17. The number of carbonyl (C=O) groups excluding carboxylic acids is 1. The Morgan fingerprint density at radius 2 is 1.47 bits per heavy atom. The first-order valence-electron chi connectivity index (χ1n) is 4.66. The molecule has 0 spiro atoms. The first-order valence-corrected chi connectivity index (χ1v) is 4.66. The van der Waals surface area contributed by atoms with E-state index in [1.165, 1.54) is 13.0 Å². The fraction of sp³-hybridized carbons (Fsp3) is 0.700. The molecule has 0 aliphatic carbocycles. The van der Waals surface area contributed by atoms with E-state index in [2.05, 4.69) is 0 Å². The predicted octanol–water partition coefficient (Wildman–Crippen LogP) is 0.743. The third-order valence-corrected chi connectivity index (χ3v) is 1.38. The van der Waals surface area contributed by atoms with Crippen LogP contribution >= 0.6 is 0 Å². The van der Waals surface area contributed by atoms with Crippen LogP contribution in [0.15, 0.2) is 12.0 Å². The van der Waals surface area contributed by atoms with E-state index < -0.39 is 0 Å². The van der Waals surface area contributed by atoms with E-state index in [-0.39, 0.29) is 11.7 Å². The minimum atomic E-state index is -0.125. The maximum absolute atomic E-state index is 10.8. The van der Waals surface area contributed by atoms with Crippen LogP contribution in [-0.4, -0.2) is 46.4 Å². The molecule has 0 unspecified atom stereocenters. The van der Waals surface area contributed by atoms with Gasteiger partial charge in [0, 0.05) is 14.2 Å². The summed E-state index contributed by atoms with van der Waals surface area (Å²) >= 11 is 0. The van der Waals surface area contributed by atoms with Gasteiger partial charge in [0.15, 0.2) is 5.78 Å². The van der Waals surface area contributed by atoms with Gasteiger partial charge < -0.3 is 18.9 Å². The van der Waals surface area contributed by atoms with Gasteiger partial charge in [0.1, 0.15) is 13.2 Å². The monoisotopic (exact) mass is 218 g/mol. The lowest BCUT2D eigenvalue weighted by atomic mass is 10.4. The lowest BCUT2D eigenvalue weighted by molar-refractivity contribution is -0.113. The quantitative estimate of drug-likeness (QED) is 0.324. The van der Waals surface area contributed by atoms with E-state index in [0.717, 1.165) is 0 Å². The molecule has 0 aliphatic rings. The smallest absolute Gasteiger partial charge is 0.282 e. The number of ketones is 1. The molecule has 0 atom stereocenters. The van der Waals surface area contributed by atoms with Gasteiger partial charge in [-0.2, -0.15) is 0 Å². The second-order valence-corrected chi connectivity index (χ2v) is 2.76. The molecule has 0 aromatic carbocycles. The molecule has 88 valence electrons. The molecule has 5 heteroatoms. The summed E-state index contributed by atoms with van der Waals surface area (Å²) < 4.78 is 20.0. The topological polar surface area (TPSA) is 54.0 Å². The summed E-state index contributed by atoms with van der Waals surface area (Å²) in [6.45, 7) is 3.02. The van der Waals surface area contributed by atoms with Crippen LogP contribution in [0.3, 0.4) is 0 Å². The standard InChI is InChI=1S/C10H18O5/c1-9(11)8-10(14-6-4-12-2)15-7-5-13-3/h8H,4-7H2,1-3H3. The Morgan fingerprint density at radius 3 is 1.80 bits per heavy atom.